The van der Waals surface area contributed by atoms with E-state index in [4.69, 9.17) is 0 Å². The molecule has 0 unspecified atom stereocenters. The molecule has 1 heterocycles. The molecule has 0 saturated heterocycles. The predicted octanol–water partition coefficient (Wildman–Crippen LogP) is 1.86. The Morgan fingerprint density at radius 1 is 1.40 bits per heavy atom. The highest BCUT2D eigenvalue weighted by Gasteiger charge is 2.52. The highest BCUT2D eigenvalue weighted by Crippen LogP contribution is 2.52. The largest absolute Gasteiger partial charge is 0.507 e. The van der Waals surface area contributed by atoms with Gasteiger partial charge in [-0.25, -0.2) is 0 Å². The van der Waals surface area contributed by atoms with E-state index in [0.29, 0.717) is 5.56 Å². The molecule has 1 amide bonds. The van der Waals surface area contributed by atoms with E-state index in [2.05, 4.69) is 0 Å². The summed E-state index contributed by atoms with van der Waals surface area (Å²) in [5, 5.41) is 9.72. The highest BCUT2D eigenvalue weighted by molar-refractivity contribution is 6.02. The topological polar surface area (TPSA) is 40.5 Å². The molecule has 1 aliphatic heterocycles. The second-order valence-electron chi connectivity index (χ2n) is 4.45. The molecule has 1 saturated carbocycles. The van der Waals surface area contributed by atoms with E-state index in [1.165, 1.54) is 0 Å². The van der Waals surface area contributed by atoms with Gasteiger partial charge in [-0.05, 0) is 30.9 Å². The van der Waals surface area contributed by atoms with Crippen LogP contribution in [0.15, 0.2) is 18.2 Å². The Labute approximate surface area is 88.3 Å². The maximum Gasteiger partial charge on any atom is 0.258 e. The number of rotatable bonds is 0. The van der Waals surface area contributed by atoms with Gasteiger partial charge >= 0.3 is 0 Å². The molecule has 1 aromatic carbocycles. The molecule has 1 aliphatic carbocycles. The van der Waals surface area contributed by atoms with Gasteiger partial charge in [-0.1, -0.05) is 12.1 Å². The third-order valence-electron chi connectivity index (χ3n) is 3.89. The van der Waals surface area contributed by atoms with Gasteiger partial charge in [0, 0.05) is 7.05 Å². The van der Waals surface area contributed by atoms with Crippen LogP contribution in [0.3, 0.4) is 0 Å². The molecule has 2 aliphatic rings. The summed E-state index contributed by atoms with van der Waals surface area (Å²) in [5.74, 6) is 0.0796. The summed E-state index contributed by atoms with van der Waals surface area (Å²) in [4.78, 5) is 13.8. The Morgan fingerprint density at radius 3 is 2.73 bits per heavy atom. The summed E-state index contributed by atoms with van der Waals surface area (Å²) >= 11 is 0. The van der Waals surface area contributed by atoms with Crippen molar-refractivity contribution in [3.63, 3.8) is 0 Å². The first-order valence-corrected chi connectivity index (χ1v) is 5.27. The Kier molecular flexibility index (Phi) is 1.48. The number of phenols is 1. The molecule has 0 aromatic heterocycles. The molecule has 3 nitrogen and oxygen atoms in total. The van der Waals surface area contributed by atoms with Crippen LogP contribution >= 0.6 is 0 Å². The van der Waals surface area contributed by atoms with E-state index in [1.807, 2.05) is 19.2 Å². The lowest BCUT2D eigenvalue weighted by Crippen LogP contribution is -2.46. The normalized spacial score (nSPS) is 21.7. The molecule has 0 atom stereocenters. The molecule has 1 fully saturated rings. The van der Waals surface area contributed by atoms with Crippen LogP contribution in [0.25, 0.3) is 0 Å². The summed E-state index contributed by atoms with van der Waals surface area (Å²) in [7, 11) is 1.83. The van der Waals surface area contributed by atoms with Gasteiger partial charge in [0.05, 0.1) is 11.1 Å². The monoisotopic (exact) mass is 203 g/mol. The summed E-state index contributed by atoms with van der Waals surface area (Å²) in [6.45, 7) is 0. The van der Waals surface area contributed by atoms with Crippen LogP contribution < -0.4 is 0 Å². The van der Waals surface area contributed by atoms with E-state index in [9.17, 15) is 9.90 Å². The molecule has 1 aromatic rings. The minimum atomic E-state index is -0.106. The first-order valence-electron chi connectivity index (χ1n) is 5.27. The minimum Gasteiger partial charge on any atom is -0.507 e. The second-order valence-corrected chi connectivity index (χ2v) is 4.45. The molecule has 1 spiro atoms. The maximum absolute atomic E-state index is 12.0. The lowest BCUT2D eigenvalue weighted by atomic mass is 9.72. The molecule has 3 rings (SSSR count). The van der Waals surface area contributed by atoms with Gasteiger partial charge in [-0.2, -0.15) is 0 Å². The fraction of sp³-hybridized carbons (Fsp3) is 0.417. The molecule has 1 N–H and O–H groups in total. The zero-order chi connectivity index (χ0) is 10.6. The van der Waals surface area contributed by atoms with E-state index >= 15 is 0 Å². The third-order valence-corrected chi connectivity index (χ3v) is 3.89. The first kappa shape index (κ1) is 8.77. The van der Waals surface area contributed by atoms with Crippen molar-refractivity contribution in [3.05, 3.63) is 29.3 Å². The van der Waals surface area contributed by atoms with Crippen molar-refractivity contribution in [2.24, 2.45) is 0 Å². The van der Waals surface area contributed by atoms with Gasteiger partial charge in [0.15, 0.2) is 0 Å². The van der Waals surface area contributed by atoms with Crippen LogP contribution in [-0.2, 0) is 5.54 Å². The highest BCUT2D eigenvalue weighted by atomic mass is 16.3. The third kappa shape index (κ3) is 0.838. The minimum absolute atomic E-state index is 0.0391. The van der Waals surface area contributed by atoms with Crippen molar-refractivity contribution in [2.45, 2.75) is 24.8 Å². The molecular formula is C12H13NO2. The van der Waals surface area contributed by atoms with Crippen LogP contribution in [0.5, 0.6) is 5.75 Å². The number of phenolic OH excluding ortho intramolecular Hbond substituents is 1. The average Bonchev–Trinajstić information content (AvgIpc) is 2.37. The van der Waals surface area contributed by atoms with Gasteiger partial charge < -0.3 is 10.0 Å². The number of hydrogen-bond donors (Lipinski definition) is 1. The molecule has 0 bridgehead atoms. The second kappa shape index (κ2) is 2.54. The Hall–Kier alpha value is -1.51. The number of carbonyl (C=O) groups is 1. The number of nitrogens with zero attached hydrogens (tertiary/aromatic N) is 1. The van der Waals surface area contributed by atoms with Gasteiger partial charge in [0.1, 0.15) is 5.75 Å². The van der Waals surface area contributed by atoms with Crippen molar-refractivity contribution in [3.8, 4) is 5.75 Å². The lowest BCUT2D eigenvalue weighted by molar-refractivity contribution is 0.0378. The Balaban J connectivity index is 2.27. The van der Waals surface area contributed by atoms with E-state index in [1.54, 1.807) is 11.0 Å². The Bertz CT molecular complexity index is 449. The van der Waals surface area contributed by atoms with E-state index in [0.717, 1.165) is 24.8 Å². The van der Waals surface area contributed by atoms with Crippen LogP contribution in [0.2, 0.25) is 0 Å². The smallest absolute Gasteiger partial charge is 0.258 e. The standard InChI is InChI=1S/C12H13NO2/c1-13-11(15)10-8(4-2-5-9(10)14)12(13)6-3-7-12/h2,4-5,14H,3,6-7H2,1H3. The van der Waals surface area contributed by atoms with Crippen molar-refractivity contribution in [2.75, 3.05) is 7.05 Å². The zero-order valence-electron chi connectivity index (χ0n) is 8.66. The first-order chi connectivity index (χ1) is 7.17. The van der Waals surface area contributed by atoms with Crippen molar-refractivity contribution in [1.29, 1.82) is 0 Å². The predicted molar refractivity (Wildman–Crippen MR) is 55.7 cm³/mol. The van der Waals surface area contributed by atoms with Gasteiger partial charge in [0.25, 0.3) is 5.91 Å². The maximum atomic E-state index is 12.0. The fourth-order valence-electron chi connectivity index (χ4n) is 2.81. The van der Waals surface area contributed by atoms with Crippen molar-refractivity contribution in [1.82, 2.24) is 4.90 Å². The average molecular weight is 203 g/mol. The van der Waals surface area contributed by atoms with Crippen molar-refractivity contribution < 1.29 is 9.90 Å². The van der Waals surface area contributed by atoms with Gasteiger partial charge in [-0.15, -0.1) is 0 Å². The number of fused-ring (bicyclic) bond motifs is 2. The van der Waals surface area contributed by atoms with E-state index in [-0.39, 0.29) is 17.2 Å². The quantitative estimate of drug-likeness (QED) is 0.699. The molecule has 3 heteroatoms. The number of benzene rings is 1. The van der Waals surface area contributed by atoms with Crippen molar-refractivity contribution >= 4 is 5.91 Å². The lowest BCUT2D eigenvalue weighted by Gasteiger charge is -2.44. The molecule has 0 radical (unpaired) electrons. The summed E-state index contributed by atoms with van der Waals surface area (Å²) in [6.07, 6.45) is 3.20. The van der Waals surface area contributed by atoms with Gasteiger partial charge in [-0.3, -0.25) is 4.79 Å². The van der Waals surface area contributed by atoms with Crippen LogP contribution in [-0.4, -0.2) is 23.0 Å². The number of hydrogen-bond acceptors (Lipinski definition) is 2. The zero-order valence-corrected chi connectivity index (χ0v) is 8.66. The fourth-order valence-corrected chi connectivity index (χ4v) is 2.81. The number of aromatic hydroxyl groups is 1. The summed E-state index contributed by atoms with van der Waals surface area (Å²) in [6, 6.07) is 5.37. The van der Waals surface area contributed by atoms with Crippen LogP contribution in [0.1, 0.15) is 35.2 Å². The molecular weight excluding hydrogens is 190 g/mol. The SMILES string of the molecule is CN1C(=O)c2c(O)cccc2C12CCC2. The van der Waals surface area contributed by atoms with E-state index < -0.39 is 0 Å². The number of amides is 1. The molecule has 78 valence electrons. The van der Waals surface area contributed by atoms with Gasteiger partial charge in [0.2, 0.25) is 0 Å². The Morgan fingerprint density at radius 2 is 2.13 bits per heavy atom. The van der Waals surface area contributed by atoms with Crippen LogP contribution in [0.4, 0.5) is 0 Å². The summed E-state index contributed by atoms with van der Waals surface area (Å²) < 4.78 is 0. The van der Waals surface area contributed by atoms with Crippen LogP contribution in [0, 0.1) is 0 Å². The summed E-state index contributed by atoms with van der Waals surface area (Å²) in [5.41, 5.74) is 1.42. The molecule has 15 heavy (non-hydrogen) atoms. The number of carbonyl (C=O) groups excluding carboxylic acids is 1.